The van der Waals surface area contributed by atoms with Crippen LogP contribution in [0.5, 0.6) is 17.4 Å². The van der Waals surface area contributed by atoms with Crippen LogP contribution in [0.3, 0.4) is 0 Å². The van der Waals surface area contributed by atoms with Crippen LogP contribution in [0.25, 0.3) is 0 Å². The lowest BCUT2D eigenvalue weighted by Gasteiger charge is -2.07. The van der Waals surface area contributed by atoms with Crippen LogP contribution in [0.1, 0.15) is 13.3 Å². The Hall–Kier alpha value is -2.30. The van der Waals surface area contributed by atoms with E-state index in [4.69, 9.17) is 9.47 Å². The van der Waals surface area contributed by atoms with Crippen LogP contribution in [-0.2, 0) is 0 Å². The van der Waals surface area contributed by atoms with Gasteiger partial charge in [-0.1, -0.05) is 6.92 Å². The molecule has 0 fully saturated rings. The molecule has 1 N–H and O–H groups in total. The quantitative estimate of drug-likeness (QED) is 0.863. The Bertz CT molecular complexity index is 514. The van der Waals surface area contributed by atoms with Gasteiger partial charge in [0, 0.05) is 18.8 Å². The molecule has 1 aromatic heterocycles. The smallest absolute Gasteiger partial charge is 0.225 e. The van der Waals surface area contributed by atoms with E-state index in [1.807, 2.05) is 24.3 Å². The van der Waals surface area contributed by atoms with Crippen molar-refractivity contribution in [2.24, 2.45) is 0 Å². The first-order valence-corrected chi connectivity index (χ1v) is 6.20. The molecule has 100 valence electrons. The van der Waals surface area contributed by atoms with Crippen molar-refractivity contribution < 1.29 is 9.47 Å². The highest BCUT2D eigenvalue weighted by atomic mass is 16.5. The zero-order chi connectivity index (χ0) is 13.5. The molecule has 0 spiro atoms. The van der Waals surface area contributed by atoms with Gasteiger partial charge in [-0.3, -0.25) is 0 Å². The topological polar surface area (TPSA) is 56.3 Å². The fourth-order valence-electron chi connectivity index (χ4n) is 1.49. The van der Waals surface area contributed by atoms with E-state index in [9.17, 15) is 0 Å². The Balaban J connectivity index is 2.05. The van der Waals surface area contributed by atoms with Crippen molar-refractivity contribution in [3.05, 3.63) is 36.5 Å². The van der Waals surface area contributed by atoms with Crippen molar-refractivity contribution in [1.82, 2.24) is 9.97 Å². The number of methoxy groups -OCH3 is 1. The summed E-state index contributed by atoms with van der Waals surface area (Å²) in [6.45, 7) is 2.93. The minimum Gasteiger partial charge on any atom is -0.497 e. The van der Waals surface area contributed by atoms with Crippen molar-refractivity contribution in [3.8, 4) is 17.4 Å². The number of benzene rings is 1. The van der Waals surface area contributed by atoms with Gasteiger partial charge < -0.3 is 14.8 Å². The largest absolute Gasteiger partial charge is 0.497 e. The third-order valence-electron chi connectivity index (χ3n) is 2.44. The van der Waals surface area contributed by atoms with E-state index in [2.05, 4.69) is 22.2 Å². The van der Waals surface area contributed by atoms with Gasteiger partial charge in [0.1, 0.15) is 11.5 Å². The second-order valence-corrected chi connectivity index (χ2v) is 3.92. The second kappa shape index (κ2) is 6.58. The van der Waals surface area contributed by atoms with Gasteiger partial charge >= 0.3 is 0 Å². The molecule has 5 heteroatoms. The SMILES string of the molecule is CCCNc1nccc(Oc2ccc(OC)cc2)n1. The van der Waals surface area contributed by atoms with Crippen molar-refractivity contribution in [2.45, 2.75) is 13.3 Å². The predicted octanol–water partition coefficient (Wildman–Crippen LogP) is 3.10. The van der Waals surface area contributed by atoms with Crippen LogP contribution >= 0.6 is 0 Å². The summed E-state index contributed by atoms with van der Waals surface area (Å²) in [4.78, 5) is 8.40. The fourth-order valence-corrected chi connectivity index (χ4v) is 1.49. The molecule has 0 aliphatic carbocycles. The summed E-state index contributed by atoms with van der Waals surface area (Å²) in [5.74, 6) is 2.59. The number of nitrogens with zero attached hydrogens (tertiary/aromatic N) is 2. The lowest BCUT2D eigenvalue weighted by Crippen LogP contribution is -2.04. The third-order valence-corrected chi connectivity index (χ3v) is 2.44. The highest BCUT2D eigenvalue weighted by Gasteiger charge is 2.01. The minimum absolute atomic E-state index is 0.513. The molecule has 0 amide bonds. The highest BCUT2D eigenvalue weighted by Crippen LogP contribution is 2.22. The molecule has 0 saturated heterocycles. The normalized spacial score (nSPS) is 10.0. The summed E-state index contributed by atoms with van der Waals surface area (Å²) in [6.07, 6.45) is 2.69. The van der Waals surface area contributed by atoms with Gasteiger partial charge in [-0.15, -0.1) is 0 Å². The van der Waals surface area contributed by atoms with Gasteiger partial charge in [0.25, 0.3) is 0 Å². The average Bonchev–Trinajstić information content (AvgIpc) is 2.46. The average molecular weight is 259 g/mol. The summed E-state index contributed by atoms with van der Waals surface area (Å²) >= 11 is 0. The zero-order valence-corrected chi connectivity index (χ0v) is 11.1. The summed E-state index contributed by atoms with van der Waals surface area (Å²) in [7, 11) is 1.63. The summed E-state index contributed by atoms with van der Waals surface area (Å²) in [6, 6.07) is 9.07. The van der Waals surface area contributed by atoms with E-state index in [1.165, 1.54) is 0 Å². The van der Waals surface area contributed by atoms with E-state index in [0.29, 0.717) is 17.6 Å². The molecule has 1 heterocycles. The number of rotatable bonds is 6. The number of anilines is 1. The van der Waals surface area contributed by atoms with Gasteiger partial charge in [-0.05, 0) is 30.7 Å². The van der Waals surface area contributed by atoms with Gasteiger partial charge in [0.15, 0.2) is 0 Å². The molecule has 2 rings (SSSR count). The van der Waals surface area contributed by atoms with E-state index in [-0.39, 0.29) is 0 Å². The van der Waals surface area contributed by atoms with Crippen molar-refractivity contribution in [2.75, 3.05) is 19.0 Å². The van der Waals surface area contributed by atoms with Crippen molar-refractivity contribution >= 4 is 5.95 Å². The first-order chi connectivity index (χ1) is 9.31. The Labute approximate surface area is 112 Å². The number of ether oxygens (including phenoxy) is 2. The molecule has 0 unspecified atom stereocenters. The molecular formula is C14H17N3O2. The first-order valence-electron chi connectivity index (χ1n) is 6.20. The summed E-state index contributed by atoms with van der Waals surface area (Å²) in [5.41, 5.74) is 0. The lowest BCUT2D eigenvalue weighted by atomic mass is 10.3. The number of hydrogen-bond donors (Lipinski definition) is 1. The van der Waals surface area contributed by atoms with Crippen molar-refractivity contribution in [1.29, 1.82) is 0 Å². The monoisotopic (exact) mass is 259 g/mol. The van der Waals surface area contributed by atoms with Crippen LogP contribution in [-0.4, -0.2) is 23.6 Å². The minimum atomic E-state index is 0.513. The van der Waals surface area contributed by atoms with Crippen LogP contribution in [0, 0.1) is 0 Å². The maximum absolute atomic E-state index is 5.65. The van der Waals surface area contributed by atoms with Crippen LogP contribution in [0.4, 0.5) is 5.95 Å². The number of hydrogen-bond acceptors (Lipinski definition) is 5. The Kier molecular flexibility index (Phi) is 4.55. The second-order valence-electron chi connectivity index (χ2n) is 3.92. The number of nitrogens with one attached hydrogen (secondary N) is 1. The molecule has 5 nitrogen and oxygen atoms in total. The van der Waals surface area contributed by atoms with Gasteiger partial charge in [0.05, 0.1) is 7.11 Å². The molecule has 0 radical (unpaired) electrons. The zero-order valence-electron chi connectivity index (χ0n) is 11.1. The van der Waals surface area contributed by atoms with E-state index < -0.39 is 0 Å². The highest BCUT2D eigenvalue weighted by molar-refractivity contribution is 5.34. The molecule has 0 aliphatic rings. The Morgan fingerprint density at radius 1 is 1.11 bits per heavy atom. The maximum Gasteiger partial charge on any atom is 0.225 e. The van der Waals surface area contributed by atoms with Gasteiger partial charge in [-0.2, -0.15) is 4.98 Å². The van der Waals surface area contributed by atoms with Crippen LogP contribution < -0.4 is 14.8 Å². The molecule has 0 aliphatic heterocycles. The summed E-state index contributed by atoms with van der Waals surface area (Å²) < 4.78 is 10.7. The Morgan fingerprint density at radius 2 is 1.84 bits per heavy atom. The molecule has 0 atom stereocenters. The predicted molar refractivity (Wildman–Crippen MR) is 73.9 cm³/mol. The third kappa shape index (κ3) is 3.84. The fraction of sp³-hybridized carbons (Fsp3) is 0.286. The van der Waals surface area contributed by atoms with Gasteiger partial charge in [0.2, 0.25) is 11.8 Å². The van der Waals surface area contributed by atoms with E-state index >= 15 is 0 Å². The molecule has 1 aromatic carbocycles. The molecular weight excluding hydrogens is 242 g/mol. The summed E-state index contributed by atoms with van der Waals surface area (Å²) in [5, 5.41) is 3.12. The molecule has 19 heavy (non-hydrogen) atoms. The van der Waals surface area contributed by atoms with E-state index in [1.54, 1.807) is 19.4 Å². The molecule has 0 bridgehead atoms. The molecule has 2 aromatic rings. The number of aromatic nitrogens is 2. The lowest BCUT2D eigenvalue weighted by molar-refractivity contribution is 0.412. The maximum atomic E-state index is 5.65. The van der Waals surface area contributed by atoms with Crippen LogP contribution in [0.15, 0.2) is 36.5 Å². The van der Waals surface area contributed by atoms with Gasteiger partial charge in [-0.25, -0.2) is 4.98 Å². The molecule has 0 saturated carbocycles. The Morgan fingerprint density at radius 3 is 2.53 bits per heavy atom. The van der Waals surface area contributed by atoms with Crippen LogP contribution in [0.2, 0.25) is 0 Å². The van der Waals surface area contributed by atoms with Crippen molar-refractivity contribution in [3.63, 3.8) is 0 Å². The standard InChI is InChI=1S/C14H17N3O2/c1-3-9-15-14-16-10-8-13(17-14)19-12-6-4-11(18-2)5-7-12/h4-8,10H,3,9H2,1-2H3,(H,15,16,17). The first kappa shape index (κ1) is 13.1. The van der Waals surface area contributed by atoms with E-state index in [0.717, 1.165) is 18.7 Å².